The lowest BCUT2D eigenvalue weighted by molar-refractivity contribution is -0.128. The highest BCUT2D eigenvalue weighted by atomic mass is 16.3. The summed E-state index contributed by atoms with van der Waals surface area (Å²) in [6.07, 6.45) is 10.3. The molecule has 0 saturated heterocycles. The minimum absolute atomic E-state index is 0.122. The van der Waals surface area contributed by atoms with Crippen molar-refractivity contribution in [3.05, 3.63) is 11.6 Å². The van der Waals surface area contributed by atoms with Gasteiger partial charge < -0.3 is 5.11 Å². The Bertz CT molecular complexity index is 579. The lowest BCUT2D eigenvalue weighted by Gasteiger charge is -2.57. The average molecular weight is 331 g/mol. The summed E-state index contributed by atoms with van der Waals surface area (Å²) in [5, 5.41) is 10.1. The summed E-state index contributed by atoms with van der Waals surface area (Å²) in [6.45, 7) is 9.04. The van der Waals surface area contributed by atoms with Gasteiger partial charge in [-0.1, -0.05) is 32.4 Å². The van der Waals surface area contributed by atoms with Gasteiger partial charge in [0.15, 0.2) is 0 Å². The van der Waals surface area contributed by atoms with Crippen LogP contribution in [0.25, 0.3) is 0 Å². The number of Topliss-reactive ketones (excluding diaryl/α,β-unsaturated/α-hetero) is 1. The van der Waals surface area contributed by atoms with Crippen LogP contribution in [0.15, 0.2) is 11.6 Å². The van der Waals surface area contributed by atoms with Crippen LogP contribution in [0.2, 0.25) is 0 Å². The van der Waals surface area contributed by atoms with Crippen molar-refractivity contribution >= 4 is 5.78 Å². The van der Waals surface area contributed by atoms with Crippen molar-refractivity contribution < 1.29 is 9.90 Å². The SMILES string of the molecule is CC(=O)[C@H]1[C@H](C)C[C@H]2[C@@H]3CC=C4C[C@@H](O)CC[C@]4(C)[C@H]3CC[C@@]21C. The zero-order valence-corrected chi connectivity index (χ0v) is 15.8. The summed E-state index contributed by atoms with van der Waals surface area (Å²) in [5.74, 6) is 3.46. The molecule has 24 heavy (non-hydrogen) atoms. The second kappa shape index (κ2) is 5.43. The molecule has 3 saturated carbocycles. The molecule has 3 fully saturated rings. The van der Waals surface area contributed by atoms with Gasteiger partial charge in [0.05, 0.1) is 6.10 Å². The van der Waals surface area contributed by atoms with Gasteiger partial charge in [-0.2, -0.15) is 0 Å². The maximum Gasteiger partial charge on any atom is 0.133 e. The number of carbonyl (C=O) groups excluding carboxylic acids is 1. The summed E-state index contributed by atoms with van der Waals surface area (Å²) in [7, 11) is 0. The first-order chi connectivity index (χ1) is 11.3. The van der Waals surface area contributed by atoms with Gasteiger partial charge >= 0.3 is 0 Å². The number of hydrogen-bond donors (Lipinski definition) is 1. The smallest absolute Gasteiger partial charge is 0.133 e. The molecule has 8 atom stereocenters. The van der Waals surface area contributed by atoms with Crippen molar-refractivity contribution in [2.75, 3.05) is 0 Å². The summed E-state index contributed by atoms with van der Waals surface area (Å²) in [5.41, 5.74) is 2.07. The van der Waals surface area contributed by atoms with E-state index in [0.29, 0.717) is 23.0 Å². The number of carbonyl (C=O) groups is 1. The van der Waals surface area contributed by atoms with E-state index < -0.39 is 0 Å². The molecule has 1 N–H and O–H groups in total. The number of fused-ring (bicyclic) bond motifs is 5. The molecular formula is C22H34O2. The van der Waals surface area contributed by atoms with E-state index in [1.807, 2.05) is 6.92 Å². The second-order valence-electron chi connectivity index (χ2n) is 10.0. The van der Waals surface area contributed by atoms with Crippen molar-refractivity contribution in [3.8, 4) is 0 Å². The predicted octanol–water partition coefficient (Wildman–Crippen LogP) is 4.76. The van der Waals surface area contributed by atoms with Gasteiger partial charge in [0.1, 0.15) is 5.78 Å². The largest absolute Gasteiger partial charge is 0.393 e. The molecule has 4 rings (SSSR count). The number of rotatable bonds is 1. The number of aliphatic hydroxyl groups excluding tert-OH is 1. The second-order valence-corrected chi connectivity index (χ2v) is 10.0. The first kappa shape index (κ1) is 16.8. The molecule has 0 aromatic heterocycles. The summed E-state index contributed by atoms with van der Waals surface area (Å²) >= 11 is 0. The number of allylic oxidation sites excluding steroid dienone is 1. The van der Waals surface area contributed by atoms with Crippen LogP contribution < -0.4 is 0 Å². The van der Waals surface area contributed by atoms with Crippen LogP contribution in [-0.4, -0.2) is 17.0 Å². The van der Waals surface area contributed by atoms with E-state index in [0.717, 1.165) is 31.1 Å². The lowest BCUT2D eigenvalue weighted by Crippen LogP contribution is -2.51. The summed E-state index contributed by atoms with van der Waals surface area (Å²) in [6, 6.07) is 0. The van der Waals surface area contributed by atoms with Crippen molar-refractivity contribution in [1.82, 2.24) is 0 Å². The molecule has 0 heterocycles. The molecule has 0 aromatic carbocycles. The van der Waals surface area contributed by atoms with Gasteiger partial charge in [-0.3, -0.25) is 4.79 Å². The maximum absolute atomic E-state index is 12.4. The number of hydrogen-bond acceptors (Lipinski definition) is 2. The number of aliphatic hydroxyl groups is 1. The fourth-order valence-corrected chi connectivity index (χ4v) is 7.87. The van der Waals surface area contributed by atoms with Crippen LogP contribution in [0.4, 0.5) is 0 Å². The first-order valence-electron chi connectivity index (χ1n) is 10.2. The van der Waals surface area contributed by atoms with E-state index in [9.17, 15) is 9.90 Å². The molecule has 0 bridgehead atoms. The molecule has 2 heteroatoms. The lowest BCUT2D eigenvalue weighted by atomic mass is 9.47. The fraction of sp³-hybridized carbons (Fsp3) is 0.864. The zero-order valence-electron chi connectivity index (χ0n) is 15.8. The van der Waals surface area contributed by atoms with E-state index in [1.165, 1.54) is 25.7 Å². The Balaban J connectivity index is 1.68. The van der Waals surface area contributed by atoms with Crippen molar-refractivity contribution in [1.29, 1.82) is 0 Å². The van der Waals surface area contributed by atoms with E-state index >= 15 is 0 Å². The molecule has 2 nitrogen and oxygen atoms in total. The molecule has 0 radical (unpaired) electrons. The molecule has 0 aromatic rings. The Morgan fingerprint density at radius 1 is 1.21 bits per heavy atom. The predicted molar refractivity (Wildman–Crippen MR) is 96.4 cm³/mol. The monoisotopic (exact) mass is 330 g/mol. The Kier molecular flexibility index (Phi) is 3.81. The first-order valence-corrected chi connectivity index (χ1v) is 10.2. The molecule has 4 aliphatic carbocycles. The van der Waals surface area contributed by atoms with Crippen LogP contribution in [0.5, 0.6) is 0 Å². The van der Waals surface area contributed by atoms with Crippen molar-refractivity contribution in [2.24, 2.45) is 40.4 Å². The minimum atomic E-state index is -0.122. The normalized spacial score (nSPS) is 53.6. The van der Waals surface area contributed by atoms with E-state index in [-0.39, 0.29) is 17.4 Å². The maximum atomic E-state index is 12.4. The quantitative estimate of drug-likeness (QED) is 0.704. The molecule has 0 spiro atoms. The van der Waals surface area contributed by atoms with E-state index in [4.69, 9.17) is 0 Å². The Hall–Kier alpha value is -0.630. The van der Waals surface area contributed by atoms with E-state index in [2.05, 4.69) is 26.8 Å². The van der Waals surface area contributed by atoms with Crippen LogP contribution in [0, 0.1) is 40.4 Å². The third kappa shape index (κ3) is 2.14. The third-order valence-electron chi connectivity index (χ3n) is 8.86. The van der Waals surface area contributed by atoms with Crippen molar-refractivity contribution in [3.63, 3.8) is 0 Å². The van der Waals surface area contributed by atoms with Gasteiger partial charge in [0.25, 0.3) is 0 Å². The van der Waals surface area contributed by atoms with Crippen LogP contribution in [-0.2, 0) is 4.79 Å². The molecule has 4 aliphatic rings. The van der Waals surface area contributed by atoms with E-state index in [1.54, 1.807) is 5.57 Å². The standard InChI is InChI=1S/C22H34O2/c1-13-11-19-17-6-5-15-12-16(24)7-9-21(15,3)18(17)8-10-22(19,4)20(13)14(2)23/h5,13,16-20,24H,6-12H2,1-4H3/t13-,16+,17-,18+,19+,20-,21+,22+/m1/s1. The summed E-state index contributed by atoms with van der Waals surface area (Å²) < 4.78 is 0. The Labute approximate surface area is 147 Å². The highest BCUT2D eigenvalue weighted by Gasteiger charge is 2.61. The highest BCUT2D eigenvalue weighted by Crippen LogP contribution is 2.67. The Morgan fingerprint density at radius 2 is 1.96 bits per heavy atom. The number of ketones is 1. The topological polar surface area (TPSA) is 37.3 Å². The van der Waals surface area contributed by atoms with Gasteiger partial charge in [0, 0.05) is 5.92 Å². The molecule has 134 valence electrons. The molecule has 0 aliphatic heterocycles. The third-order valence-corrected chi connectivity index (χ3v) is 8.86. The van der Waals surface area contributed by atoms with Gasteiger partial charge in [-0.15, -0.1) is 0 Å². The van der Waals surface area contributed by atoms with Crippen LogP contribution in [0.3, 0.4) is 0 Å². The fourth-order valence-electron chi connectivity index (χ4n) is 7.87. The molecule has 0 unspecified atom stereocenters. The zero-order chi connectivity index (χ0) is 17.3. The average Bonchev–Trinajstić information content (AvgIpc) is 2.78. The highest BCUT2D eigenvalue weighted by molar-refractivity contribution is 5.80. The van der Waals surface area contributed by atoms with Crippen molar-refractivity contribution in [2.45, 2.75) is 78.7 Å². The molecular weight excluding hydrogens is 296 g/mol. The summed E-state index contributed by atoms with van der Waals surface area (Å²) in [4.78, 5) is 12.4. The minimum Gasteiger partial charge on any atom is -0.393 e. The molecule has 0 amide bonds. The van der Waals surface area contributed by atoms with Gasteiger partial charge in [-0.05, 0) is 86.4 Å². The van der Waals surface area contributed by atoms with Gasteiger partial charge in [-0.25, -0.2) is 0 Å². The van der Waals surface area contributed by atoms with Crippen LogP contribution >= 0.6 is 0 Å². The van der Waals surface area contributed by atoms with Gasteiger partial charge in [0.2, 0.25) is 0 Å². The van der Waals surface area contributed by atoms with Crippen LogP contribution in [0.1, 0.15) is 72.6 Å². The Morgan fingerprint density at radius 3 is 2.67 bits per heavy atom.